The molecule has 1 aromatic heterocycles. The molecule has 1 unspecified atom stereocenters. The molecule has 0 spiro atoms. The van der Waals surface area contributed by atoms with Crippen molar-refractivity contribution in [3.8, 4) is 0 Å². The van der Waals surface area contributed by atoms with E-state index >= 15 is 0 Å². The fourth-order valence-electron chi connectivity index (χ4n) is 1.68. The number of nitrogens with one attached hydrogen (secondary N) is 1. The molecular weight excluding hydrogens is 182 g/mol. The summed E-state index contributed by atoms with van der Waals surface area (Å²) in [5.74, 6) is 1.75. The molecule has 0 saturated carbocycles. The Kier molecular flexibility index (Phi) is 3.10. The largest absolute Gasteiger partial charge is 0.377 e. The molecule has 5 nitrogen and oxygen atoms in total. The van der Waals surface area contributed by atoms with Crippen LogP contribution < -0.4 is 5.32 Å². The van der Waals surface area contributed by atoms with Gasteiger partial charge in [0.2, 0.25) is 5.89 Å². The number of rotatable bonds is 3. The van der Waals surface area contributed by atoms with Crippen LogP contribution in [-0.4, -0.2) is 30.3 Å². The first kappa shape index (κ1) is 9.61. The molecule has 0 radical (unpaired) electrons. The van der Waals surface area contributed by atoms with E-state index in [1.807, 2.05) is 0 Å². The number of ether oxygens (including phenoxy) is 1. The molecular formula is C9H15N3O2. The van der Waals surface area contributed by atoms with Crippen molar-refractivity contribution in [1.29, 1.82) is 0 Å². The van der Waals surface area contributed by atoms with Crippen LogP contribution in [0, 0.1) is 0 Å². The molecule has 1 fully saturated rings. The van der Waals surface area contributed by atoms with Crippen LogP contribution in [0.15, 0.2) is 4.52 Å². The van der Waals surface area contributed by atoms with Gasteiger partial charge in [-0.15, -0.1) is 0 Å². The maximum Gasteiger partial charge on any atom is 0.231 e. The van der Waals surface area contributed by atoms with E-state index in [2.05, 4.69) is 15.5 Å². The van der Waals surface area contributed by atoms with Crippen LogP contribution in [-0.2, 0) is 11.3 Å². The summed E-state index contributed by atoms with van der Waals surface area (Å²) >= 11 is 0. The third-order valence-corrected chi connectivity index (χ3v) is 2.40. The molecule has 2 heterocycles. The summed E-state index contributed by atoms with van der Waals surface area (Å²) in [6.45, 7) is 2.45. The third kappa shape index (κ3) is 2.10. The number of nitrogens with zero attached hydrogens (tertiary/aromatic N) is 2. The zero-order valence-corrected chi connectivity index (χ0v) is 8.32. The van der Waals surface area contributed by atoms with E-state index < -0.39 is 0 Å². The second-order valence-electron chi connectivity index (χ2n) is 3.53. The lowest BCUT2D eigenvalue weighted by Crippen LogP contribution is -2.28. The lowest BCUT2D eigenvalue weighted by atomic mass is 10.00. The number of methoxy groups -OCH3 is 1. The lowest BCUT2D eigenvalue weighted by molar-refractivity contribution is 0.174. The molecule has 2 rings (SSSR count). The SMILES string of the molecule is COCc1noc(C2CCCNC2)n1. The first-order valence-electron chi connectivity index (χ1n) is 4.92. The minimum Gasteiger partial charge on any atom is -0.377 e. The first-order valence-corrected chi connectivity index (χ1v) is 4.92. The fraction of sp³-hybridized carbons (Fsp3) is 0.778. The highest BCUT2D eigenvalue weighted by Gasteiger charge is 2.20. The zero-order valence-electron chi connectivity index (χ0n) is 8.32. The van der Waals surface area contributed by atoms with Crippen molar-refractivity contribution in [2.75, 3.05) is 20.2 Å². The summed E-state index contributed by atoms with van der Waals surface area (Å²) in [7, 11) is 1.62. The maximum atomic E-state index is 5.18. The van der Waals surface area contributed by atoms with Crippen molar-refractivity contribution in [2.24, 2.45) is 0 Å². The van der Waals surface area contributed by atoms with Crippen molar-refractivity contribution in [3.05, 3.63) is 11.7 Å². The standard InChI is InChI=1S/C9H15N3O2/c1-13-6-8-11-9(14-12-8)7-3-2-4-10-5-7/h7,10H,2-6H2,1H3. The molecule has 1 aromatic rings. The Hall–Kier alpha value is -0.940. The summed E-state index contributed by atoms with van der Waals surface area (Å²) < 4.78 is 10.1. The van der Waals surface area contributed by atoms with Crippen LogP contribution in [0.5, 0.6) is 0 Å². The number of hydrogen-bond donors (Lipinski definition) is 1. The van der Waals surface area contributed by atoms with Gasteiger partial charge >= 0.3 is 0 Å². The Balaban J connectivity index is 2.00. The van der Waals surface area contributed by atoms with E-state index in [-0.39, 0.29) is 0 Å². The van der Waals surface area contributed by atoms with Crippen molar-refractivity contribution >= 4 is 0 Å². The Labute approximate surface area is 82.8 Å². The monoisotopic (exact) mass is 197 g/mol. The molecule has 1 atom stereocenters. The lowest BCUT2D eigenvalue weighted by Gasteiger charge is -2.18. The van der Waals surface area contributed by atoms with Gasteiger partial charge in [-0.25, -0.2) is 0 Å². The second-order valence-corrected chi connectivity index (χ2v) is 3.53. The highest BCUT2D eigenvalue weighted by Crippen LogP contribution is 2.21. The molecule has 14 heavy (non-hydrogen) atoms. The zero-order chi connectivity index (χ0) is 9.80. The molecule has 78 valence electrons. The van der Waals surface area contributed by atoms with Crippen LogP contribution >= 0.6 is 0 Å². The summed E-state index contributed by atoms with van der Waals surface area (Å²) in [4.78, 5) is 4.28. The molecule has 0 aliphatic carbocycles. The van der Waals surface area contributed by atoms with Crippen LogP contribution in [0.3, 0.4) is 0 Å². The highest BCUT2D eigenvalue weighted by molar-refractivity contribution is 4.96. The Morgan fingerprint density at radius 3 is 3.29 bits per heavy atom. The predicted octanol–water partition coefficient (Wildman–Crippen LogP) is 0.683. The summed E-state index contributed by atoms with van der Waals surface area (Å²) in [6, 6.07) is 0. The Morgan fingerprint density at radius 2 is 2.57 bits per heavy atom. The van der Waals surface area contributed by atoms with Gasteiger partial charge in [-0.05, 0) is 19.4 Å². The van der Waals surface area contributed by atoms with Gasteiger partial charge in [0.05, 0.1) is 5.92 Å². The average molecular weight is 197 g/mol. The van der Waals surface area contributed by atoms with Crippen LogP contribution in [0.2, 0.25) is 0 Å². The van der Waals surface area contributed by atoms with E-state index in [9.17, 15) is 0 Å². The van der Waals surface area contributed by atoms with Crippen LogP contribution in [0.1, 0.15) is 30.5 Å². The van der Waals surface area contributed by atoms with Crippen molar-refractivity contribution < 1.29 is 9.26 Å². The molecule has 1 aliphatic rings. The van der Waals surface area contributed by atoms with Gasteiger partial charge in [0.25, 0.3) is 0 Å². The first-order chi connectivity index (χ1) is 6.90. The van der Waals surface area contributed by atoms with E-state index in [1.54, 1.807) is 7.11 Å². The van der Waals surface area contributed by atoms with Gasteiger partial charge in [-0.3, -0.25) is 0 Å². The predicted molar refractivity (Wildman–Crippen MR) is 49.9 cm³/mol. The van der Waals surface area contributed by atoms with Gasteiger partial charge in [-0.2, -0.15) is 4.98 Å². The second kappa shape index (κ2) is 4.52. The fourth-order valence-corrected chi connectivity index (χ4v) is 1.68. The number of piperidine rings is 1. The topological polar surface area (TPSA) is 60.2 Å². The number of aromatic nitrogens is 2. The van der Waals surface area contributed by atoms with Gasteiger partial charge < -0.3 is 14.6 Å². The van der Waals surface area contributed by atoms with Crippen molar-refractivity contribution in [3.63, 3.8) is 0 Å². The van der Waals surface area contributed by atoms with Gasteiger partial charge in [-0.1, -0.05) is 5.16 Å². The minimum absolute atomic E-state index is 0.377. The van der Waals surface area contributed by atoms with Gasteiger partial charge in [0.1, 0.15) is 6.61 Å². The van der Waals surface area contributed by atoms with Crippen molar-refractivity contribution in [2.45, 2.75) is 25.4 Å². The minimum atomic E-state index is 0.377. The third-order valence-electron chi connectivity index (χ3n) is 2.40. The van der Waals surface area contributed by atoms with E-state index in [1.165, 1.54) is 6.42 Å². The highest BCUT2D eigenvalue weighted by atomic mass is 16.5. The quantitative estimate of drug-likeness (QED) is 0.772. The summed E-state index contributed by atoms with van der Waals surface area (Å²) in [5.41, 5.74) is 0. The van der Waals surface area contributed by atoms with E-state index in [0.717, 1.165) is 25.4 Å². The van der Waals surface area contributed by atoms with E-state index in [4.69, 9.17) is 9.26 Å². The molecule has 1 saturated heterocycles. The maximum absolute atomic E-state index is 5.18. The Bertz CT molecular complexity index is 281. The van der Waals surface area contributed by atoms with Gasteiger partial charge in [0.15, 0.2) is 5.82 Å². The van der Waals surface area contributed by atoms with Crippen molar-refractivity contribution in [1.82, 2.24) is 15.5 Å². The number of hydrogen-bond acceptors (Lipinski definition) is 5. The molecule has 0 aromatic carbocycles. The molecule has 0 amide bonds. The summed E-state index contributed by atoms with van der Waals surface area (Å²) in [6.07, 6.45) is 2.30. The molecule has 1 N–H and O–H groups in total. The van der Waals surface area contributed by atoms with Crippen LogP contribution in [0.4, 0.5) is 0 Å². The summed E-state index contributed by atoms with van der Waals surface area (Å²) in [5, 5.41) is 7.16. The van der Waals surface area contributed by atoms with Gasteiger partial charge in [0, 0.05) is 13.7 Å². The molecule has 0 bridgehead atoms. The normalized spacial score (nSPS) is 22.5. The average Bonchev–Trinajstić information content (AvgIpc) is 2.68. The molecule has 5 heteroatoms. The van der Waals surface area contributed by atoms with E-state index in [0.29, 0.717) is 18.3 Å². The van der Waals surface area contributed by atoms with Crippen LogP contribution in [0.25, 0.3) is 0 Å². The molecule has 1 aliphatic heterocycles. The Morgan fingerprint density at radius 1 is 1.64 bits per heavy atom. The smallest absolute Gasteiger partial charge is 0.231 e.